The molecule has 268 valence electrons. The molecule has 6 aliphatic rings. The maximum Gasteiger partial charge on any atom is 0.208 e. The highest BCUT2D eigenvalue weighted by molar-refractivity contribution is 6.06. The van der Waals surface area contributed by atoms with Gasteiger partial charge in [0.1, 0.15) is 24.7 Å². The number of benzene rings is 1. The van der Waals surface area contributed by atoms with Crippen LogP contribution in [0.15, 0.2) is 58.8 Å². The molecule has 2 bridgehead atoms. The van der Waals surface area contributed by atoms with E-state index in [1.165, 1.54) is 31.6 Å². The van der Waals surface area contributed by atoms with Gasteiger partial charge in [-0.15, -0.1) is 16.6 Å². The zero-order valence-electron chi connectivity index (χ0n) is 29.2. The number of nitrogens with zero attached hydrogens (tertiary/aromatic N) is 1. The van der Waals surface area contributed by atoms with Gasteiger partial charge >= 0.3 is 0 Å². The molecule has 7 atom stereocenters. The van der Waals surface area contributed by atoms with E-state index >= 15 is 0 Å². The zero-order valence-corrected chi connectivity index (χ0v) is 29.2. The van der Waals surface area contributed by atoms with Crippen molar-refractivity contribution < 1.29 is 29.9 Å². The van der Waals surface area contributed by atoms with E-state index in [1.54, 1.807) is 13.0 Å². The largest absolute Gasteiger partial charge is 0.504 e. The van der Waals surface area contributed by atoms with Crippen molar-refractivity contribution >= 4 is 5.71 Å². The summed E-state index contributed by atoms with van der Waals surface area (Å²) in [6.07, 6.45) is 21.5. The first-order valence-electron chi connectivity index (χ1n) is 18.8. The molecule has 2 aliphatic heterocycles. The number of hydrogen-bond acceptors (Lipinski definition) is 8. The number of unbranched alkanes of at least 4 members (excludes halogenated alkanes) is 4. The Morgan fingerprint density at radius 3 is 2.86 bits per heavy atom. The lowest BCUT2D eigenvalue weighted by Gasteiger charge is -2.39. The van der Waals surface area contributed by atoms with Crippen LogP contribution in [0.25, 0.3) is 0 Å². The van der Waals surface area contributed by atoms with Gasteiger partial charge in [-0.05, 0) is 82.0 Å². The van der Waals surface area contributed by atoms with Crippen molar-refractivity contribution in [2.24, 2.45) is 33.9 Å². The smallest absolute Gasteiger partial charge is 0.208 e. The van der Waals surface area contributed by atoms with Gasteiger partial charge in [-0.2, -0.15) is 0 Å². The third-order valence-electron chi connectivity index (χ3n) is 11.5. The SMILES string of the molecule is CC(O)CNCC1[C+]2C=C(C(O)COc3cc(CC[C-]4C=C(CO)C(CCCCCCCN)[OH+]4)ccc3O)N=C2C2C=CC13CCCC3C2. The van der Waals surface area contributed by atoms with Crippen LogP contribution in [-0.4, -0.2) is 82.0 Å². The van der Waals surface area contributed by atoms with E-state index in [0.29, 0.717) is 23.9 Å². The number of aliphatic imine (C=N–C) groups is 1. The van der Waals surface area contributed by atoms with Crippen LogP contribution in [0.4, 0.5) is 0 Å². The van der Waals surface area contributed by atoms with Crippen LogP contribution in [0, 0.1) is 35.2 Å². The maximum atomic E-state index is 11.3. The number of phenolic OH excluding ortho intramolecular Hbond substituents is 1. The number of aromatic hydroxyl groups is 1. The molecule has 4 aliphatic carbocycles. The highest BCUT2D eigenvalue weighted by Crippen LogP contribution is 2.61. The molecule has 0 aromatic heterocycles. The molecule has 7 rings (SSSR count). The molecule has 0 amide bonds. The molecule has 2 fully saturated rings. The lowest BCUT2D eigenvalue weighted by molar-refractivity contribution is -0.0552. The van der Waals surface area contributed by atoms with E-state index in [2.05, 4.69) is 23.5 Å². The predicted molar refractivity (Wildman–Crippen MR) is 193 cm³/mol. The number of phenols is 1. The van der Waals surface area contributed by atoms with Crippen LogP contribution in [0.5, 0.6) is 11.5 Å². The minimum atomic E-state index is -0.937. The lowest BCUT2D eigenvalue weighted by Crippen LogP contribution is -2.42. The van der Waals surface area contributed by atoms with E-state index in [-0.39, 0.29) is 42.3 Å². The molecule has 0 saturated heterocycles. The van der Waals surface area contributed by atoms with Crippen LogP contribution < -0.4 is 15.8 Å². The van der Waals surface area contributed by atoms with Gasteiger partial charge in [0.05, 0.1) is 18.1 Å². The Kier molecular flexibility index (Phi) is 12.1. The van der Waals surface area contributed by atoms with Crippen molar-refractivity contribution in [3.05, 3.63) is 71.4 Å². The summed E-state index contributed by atoms with van der Waals surface area (Å²) >= 11 is 0. The van der Waals surface area contributed by atoms with Crippen molar-refractivity contribution in [2.45, 2.75) is 102 Å². The van der Waals surface area contributed by atoms with Gasteiger partial charge in [0.25, 0.3) is 0 Å². The number of hydrogen-bond donors (Lipinski definition) is 6. The van der Waals surface area contributed by atoms with Crippen molar-refractivity contribution in [3.8, 4) is 11.5 Å². The van der Waals surface area contributed by atoms with Crippen LogP contribution in [0.2, 0.25) is 0 Å². The third-order valence-corrected chi connectivity index (χ3v) is 11.5. The second-order valence-electron chi connectivity index (χ2n) is 15.0. The summed E-state index contributed by atoms with van der Waals surface area (Å²) in [4.78, 5) is 5.03. The predicted octanol–water partition coefficient (Wildman–Crippen LogP) is 4.60. The first-order valence-corrected chi connectivity index (χ1v) is 18.8. The molecular weight excluding hydrogens is 618 g/mol. The van der Waals surface area contributed by atoms with E-state index in [4.69, 9.17) is 20.2 Å². The molecule has 49 heavy (non-hydrogen) atoms. The van der Waals surface area contributed by atoms with Crippen molar-refractivity contribution in [2.75, 3.05) is 32.8 Å². The van der Waals surface area contributed by atoms with E-state index in [9.17, 15) is 20.4 Å². The maximum absolute atomic E-state index is 11.3. The number of aliphatic hydroxyl groups excluding tert-OH is 3. The van der Waals surface area contributed by atoms with Gasteiger partial charge in [0.2, 0.25) is 5.70 Å². The second-order valence-corrected chi connectivity index (χ2v) is 15.0. The zero-order chi connectivity index (χ0) is 34.4. The fourth-order valence-electron chi connectivity index (χ4n) is 8.92. The highest BCUT2D eigenvalue weighted by Gasteiger charge is 2.60. The van der Waals surface area contributed by atoms with Crippen molar-refractivity contribution in [1.82, 2.24) is 5.32 Å². The second kappa shape index (κ2) is 16.5. The summed E-state index contributed by atoms with van der Waals surface area (Å²) < 4.78 is 10.9. The number of aryl methyl sites for hydroxylation is 1. The molecule has 7 unspecified atom stereocenters. The minimum Gasteiger partial charge on any atom is -0.504 e. The Hall–Kier alpha value is -2.79. The normalized spacial score (nSPS) is 28.2. The monoisotopic (exact) mass is 676 g/mol. The number of nitrogens with one attached hydrogen (secondary N) is 1. The molecule has 0 radical (unpaired) electrons. The van der Waals surface area contributed by atoms with Crippen LogP contribution in [-0.2, 0) is 6.42 Å². The number of ether oxygens (including phenoxy) is 2. The Morgan fingerprint density at radius 1 is 1.20 bits per heavy atom. The van der Waals surface area contributed by atoms with Crippen LogP contribution in [0.3, 0.4) is 0 Å². The minimum absolute atomic E-state index is 0.0185. The number of allylic oxidation sites excluding steroid dienone is 3. The topological polar surface area (TPSA) is 153 Å². The van der Waals surface area contributed by atoms with Gasteiger partial charge in [0, 0.05) is 37.5 Å². The molecule has 9 heteroatoms. The summed E-state index contributed by atoms with van der Waals surface area (Å²) in [5.74, 6) is 2.72. The molecule has 8 N–H and O–H groups in total. The first kappa shape index (κ1) is 36.0. The number of nitrogens with two attached hydrogens (primary N) is 1. The Bertz CT molecular complexity index is 1390. The van der Waals surface area contributed by atoms with Gasteiger partial charge in [-0.1, -0.05) is 43.9 Å². The Labute approximate surface area is 292 Å². The number of rotatable bonds is 19. The summed E-state index contributed by atoms with van der Waals surface area (Å²) in [6.45, 7) is 3.89. The third kappa shape index (κ3) is 8.24. The molecular formula is C40H58N3O6+. The summed E-state index contributed by atoms with van der Waals surface area (Å²) in [6, 6.07) is 5.38. The highest BCUT2D eigenvalue weighted by atomic mass is 16.5. The number of aliphatic hydroxyl groups is 5. The van der Waals surface area contributed by atoms with Crippen LogP contribution >= 0.6 is 0 Å². The molecule has 2 heterocycles. The molecule has 9 nitrogen and oxygen atoms in total. The average Bonchev–Trinajstić information content (AvgIpc) is 3.81. The molecule has 1 aromatic carbocycles. The Morgan fingerprint density at radius 2 is 2.04 bits per heavy atom. The fourth-order valence-corrected chi connectivity index (χ4v) is 8.92. The quantitative estimate of drug-likeness (QED) is 0.0542. The van der Waals surface area contributed by atoms with Gasteiger partial charge in [0.15, 0.2) is 23.3 Å². The Balaban J connectivity index is 1.04. The van der Waals surface area contributed by atoms with E-state index in [0.717, 1.165) is 87.4 Å². The lowest BCUT2D eigenvalue weighted by atomic mass is 9.63. The summed E-state index contributed by atoms with van der Waals surface area (Å²) in [5, 5.41) is 45.2. The standard InChI is InChI=1S/C40H57N3O6/c1-26(45)22-42-23-33-32-21-34(43-39(32)28-14-16-40(33)15-7-8-30(40)19-28)36(47)25-48-38-18-27(11-13-35(38)46)10-12-31-20-29(24-44)37(49-31)9-5-3-2-4-6-17-41/h11,13-14,16,18,20-21,26,28,30,33,36-37,42,44-45,47,49H,2-10,12,15,17,19,22-25,41H2,1H3/p+1. The molecule has 2 saturated carbocycles. The average molecular weight is 677 g/mol. The van der Waals surface area contributed by atoms with Crippen molar-refractivity contribution in [3.63, 3.8) is 0 Å². The van der Waals surface area contributed by atoms with Gasteiger partial charge in [-0.3, -0.25) is 0 Å². The summed E-state index contributed by atoms with van der Waals surface area (Å²) in [7, 11) is 0. The fraction of sp³-hybridized carbons (Fsp3) is 0.625. The van der Waals surface area contributed by atoms with E-state index in [1.807, 2.05) is 18.2 Å². The molecule has 1 aromatic rings. The van der Waals surface area contributed by atoms with E-state index < -0.39 is 12.2 Å². The summed E-state index contributed by atoms with van der Waals surface area (Å²) in [5.41, 5.74) is 9.38. The van der Waals surface area contributed by atoms with Gasteiger partial charge < -0.3 is 41.0 Å². The molecule has 1 spiro atoms. The van der Waals surface area contributed by atoms with Crippen LogP contribution in [0.1, 0.15) is 83.1 Å². The first-order chi connectivity index (χ1) is 23.8. The van der Waals surface area contributed by atoms with Gasteiger partial charge in [-0.25, -0.2) is 0 Å². The van der Waals surface area contributed by atoms with Crippen molar-refractivity contribution in [1.29, 1.82) is 0 Å².